The zero-order valence-electron chi connectivity index (χ0n) is 10.1. The SMILES string of the molecule is CCN(CC(N)=S)C(C)C(=O)N1CCCC1. The van der Waals surface area contributed by atoms with E-state index < -0.39 is 0 Å². The van der Waals surface area contributed by atoms with Crippen LogP contribution in [-0.2, 0) is 4.79 Å². The number of hydrogen-bond acceptors (Lipinski definition) is 3. The second-order valence-corrected chi connectivity index (χ2v) is 4.76. The monoisotopic (exact) mass is 243 g/mol. The molecule has 1 fully saturated rings. The topological polar surface area (TPSA) is 49.6 Å². The molecule has 0 aromatic heterocycles. The molecule has 4 nitrogen and oxygen atoms in total. The van der Waals surface area contributed by atoms with Crippen molar-refractivity contribution in [2.75, 3.05) is 26.2 Å². The fraction of sp³-hybridized carbons (Fsp3) is 0.818. The Hall–Kier alpha value is -0.680. The molecule has 5 heteroatoms. The van der Waals surface area contributed by atoms with Gasteiger partial charge in [0.2, 0.25) is 5.91 Å². The molecule has 2 N–H and O–H groups in total. The van der Waals surface area contributed by atoms with Crippen LogP contribution in [0.4, 0.5) is 0 Å². The van der Waals surface area contributed by atoms with E-state index >= 15 is 0 Å². The lowest BCUT2D eigenvalue weighted by atomic mass is 10.2. The van der Waals surface area contributed by atoms with Gasteiger partial charge in [-0.25, -0.2) is 0 Å². The number of carbonyl (C=O) groups excluding carboxylic acids is 1. The van der Waals surface area contributed by atoms with Gasteiger partial charge in [-0.1, -0.05) is 19.1 Å². The van der Waals surface area contributed by atoms with E-state index in [2.05, 4.69) is 0 Å². The van der Waals surface area contributed by atoms with E-state index in [0.717, 1.165) is 32.5 Å². The first-order valence-electron chi connectivity index (χ1n) is 5.87. The number of nitrogens with two attached hydrogens (primary N) is 1. The van der Waals surface area contributed by atoms with Gasteiger partial charge in [-0.2, -0.15) is 0 Å². The Labute approximate surface area is 103 Å². The van der Waals surface area contributed by atoms with Gasteiger partial charge in [0.05, 0.1) is 11.0 Å². The highest BCUT2D eigenvalue weighted by atomic mass is 32.1. The van der Waals surface area contributed by atoms with Crippen LogP contribution in [0.5, 0.6) is 0 Å². The summed E-state index contributed by atoms with van der Waals surface area (Å²) in [6.07, 6.45) is 2.25. The number of amides is 1. The molecule has 0 radical (unpaired) electrons. The largest absolute Gasteiger partial charge is 0.392 e. The fourth-order valence-electron chi connectivity index (χ4n) is 2.08. The van der Waals surface area contributed by atoms with E-state index in [1.807, 2.05) is 23.6 Å². The van der Waals surface area contributed by atoms with Crippen molar-refractivity contribution in [1.29, 1.82) is 0 Å². The summed E-state index contributed by atoms with van der Waals surface area (Å²) in [5.74, 6) is 0.204. The summed E-state index contributed by atoms with van der Waals surface area (Å²) in [6.45, 7) is 7.06. The molecule has 0 saturated carbocycles. The molecule has 92 valence electrons. The number of likely N-dealkylation sites (tertiary alicyclic amines) is 1. The van der Waals surface area contributed by atoms with E-state index in [-0.39, 0.29) is 11.9 Å². The molecule has 1 rings (SSSR count). The Morgan fingerprint density at radius 3 is 2.50 bits per heavy atom. The first kappa shape index (κ1) is 13.4. The van der Waals surface area contributed by atoms with Crippen molar-refractivity contribution in [3.05, 3.63) is 0 Å². The highest BCUT2D eigenvalue weighted by Crippen LogP contribution is 2.11. The minimum Gasteiger partial charge on any atom is -0.392 e. The van der Waals surface area contributed by atoms with Crippen LogP contribution in [0.3, 0.4) is 0 Å². The maximum atomic E-state index is 12.1. The van der Waals surface area contributed by atoms with Crippen LogP contribution in [0.15, 0.2) is 0 Å². The molecular formula is C11H21N3OS. The van der Waals surface area contributed by atoms with Crippen LogP contribution in [0, 0.1) is 0 Å². The number of hydrogen-bond donors (Lipinski definition) is 1. The fourth-order valence-corrected chi connectivity index (χ4v) is 2.25. The predicted molar refractivity (Wildman–Crippen MR) is 69.3 cm³/mol. The number of thiocarbonyl (C=S) groups is 1. The number of carbonyl (C=O) groups is 1. The third kappa shape index (κ3) is 3.42. The molecule has 0 aromatic rings. The van der Waals surface area contributed by atoms with Gasteiger partial charge in [0.15, 0.2) is 0 Å². The van der Waals surface area contributed by atoms with Gasteiger partial charge >= 0.3 is 0 Å². The quantitative estimate of drug-likeness (QED) is 0.719. The molecule has 0 spiro atoms. The average molecular weight is 243 g/mol. The molecule has 1 heterocycles. The van der Waals surface area contributed by atoms with Crippen molar-refractivity contribution in [3.8, 4) is 0 Å². The van der Waals surface area contributed by atoms with Crippen LogP contribution in [0.25, 0.3) is 0 Å². The van der Waals surface area contributed by atoms with Crippen molar-refractivity contribution in [2.45, 2.75) is 32.7 Å². The normalized spacial score (nSPS) is 17.8. The average Bonchev–Trinajstić information content (AvgIpc) is 2.76. The molecule has 1 aliphatic rings. The Kier molecular flexibility index (Phi) is 5.15. The van der Waals surface area contributed by atoms with E-state index in [0.29, 0.717) is 11.5 Å². The Bertz CT molecular complexity index is 264. The lowest BCUT2D eigenvalue weighted by molar-refractivity contribution is -0.135. The summed E-state index contributed by atoms with van der Waals surface area (Å²) in [6, 6.07) is -0.121. The molecule has 1 aliphatic heterocycles. The summed E-state index contributed by atoms with van der Waals surface area (Å²) in [5, 5.41) is 0. The van der Waals surface area contributed by atoms with Gasteiger partial charge in [-0.05, 0) is 26.3 Å². The van der Waals surface area contributed by atoms with E-state index in [1.54, 1.807) is 0 Å². The zero-order valence-corrected chi connectivity index (χ0v) is 10.9. The molecular weight excluding hydrogens is 222 g/mol. The Morgan fingerprint density at radius 2 is 2.06 bits per heavy atom. The molecule has 16 heavy (non-hydrogen) atoms. The minimum absolute atomic E-state index is 0.121. The summed E-state index contributed by atoms with van der Waals surface area (Å²) >= 11 is 4.89. The van der Waals surface area contributed by atoms with Gasteiger partial charge in [-0.3, -0.25) is 9.69 Å². The predicted octanol–water partition coefficient (Wildman–Crippen LogP) is 0.605. The summed E-state index contributed by atoms with van der Waals surface area (Å²) < 4.78 is 0. The van der Waals surface area contributed by atoms with Crippen molar-refractivity contribution < 1.29 is 4.79 Å². The summed E-state index contributed by atoms with van der Waals surface area (Å²) in [7, 11) is 0. The summed E-state index contributed by atoms with van der Waals surface area (Å²) in [4.78, 5) is 16.5. The minimum atomic E-state index is -0.121. The van der Waals surface area contributed by atoms with Gasteiger partial charge < -0.3 is 10.6 Å². The van der Waals surface area contributed by atoms with Crippen LogP contribution < -0.4 is 5.73 Å². The highest BCUT2D eigenvalue weighted by Gasteiger charge is 2.26. The van der Waals surface area contributed by atoms with Crippen LogP contribution in [0.1, 0.15) is 26.7 Å². The first-order chi connectivity index (χ1) is 7.56. The van der Waals surface area contributed by atoms with Gasteiger partial charge in [0.25, 0.3) is 0 Å². The number of likely N-dealkylation sites (N-methyl/N-ethyl adjacent to an activating group) is 1. The second kappa shape index (κ2) is 6.15. The first-order valence-corrected chi connectivity index (χ1v) is 6.28. The van der Waals surface area contributed by atoms with Gasteiger partial charge in [0, 0.05) is 19.6 Å². The molecule has 1 unspecified atom stereocenters. The van der Waals surface area contributed by atoms with E-state index in [9.17, 15) is 4.79 Å². The smallest absolute Gasteiger partial charge is 0.239 e. The van der Waals surface area contributed by atoms with Crippen molar-refractivity contribution in [1.82, 2.24) is 9.80 Å². The van der Waals surface area contributed by atoms with Crippen molar-refractivity contribution in [2.24, 2.45) is 5.73 Å². The molecule has 0 bridgehead atoms. The van der Waals surface area contributed by atoms with E-state index in [4.69, 9.17) is 18.0 Å². The lowest BCUT2D eigenvalue weighted by Gasteiger charge is -2.29. The second-order valence-electron chi connectivity index (χ2n) is 4.24. The van der Waals surface area contributed by atoms with Crippen LogP contribution >= 0.6 is 12.2 Å². The molecule has 0 aliphatic carbocycles. The summed E-state index contributed by atoms with van der Waals surface area (Å²) in [5.41, 5.74) is 5.53. The third-order valence-corrected chi connectivity index (χ3v) is 3.22. The zero-order chi connectivity index (χ0) is 12.1. The number of rotatable bonds is 5. The van der Waals surface area contributed by atoms with Crippen LogP contribution in [0.2, 0.25) is 0 Å². The third-order valence-electron chi connectivity index (χ3n) is 3.09. The maximum absolute atomic E-state index is 12.1. The van der Waals surface area contributed by atoms with Gasteiger partial charge in [0.1, 0.15) is 0 Å². The number of nitrogens with zero attached hydrogens (tertiary/aromatic N) is 2. The lowest BCUT2D eigenvalue weighted by Crippen LogP contribution is -2.48. The Morgan fingerprint density at radius 1 is 1.50 bits per heavy atom. The standard InChI is InChI=1S/C11H21N3OS/c1-3-13(8-10(12)16)9(2)11(15)14-6-4-5-7-14/h9H,3-8H2,1-2H3,(H2,12,16). The van der Waals surface area contributed by atoms with Crippen LogP contribution in [-0.4, -0.2) is 52.9 Å². The molecule has 1 atom stereocenters. The highest BCUT2D eigenvalue weighted by molar-refractivity contribution is 7.80. The Balaban J connectivity index is 2.55. The van der Waals surface area contributed by atoms with Gasteiger partial charge in [-0.15, -0.1) is 0 Å². The van der Waals surface area contributed by atoms with Crippen molar-refractivity contribution >= 4 is 23.1 Å². The maximum Gasteiger partial charge on any atom is 0.239 e. The molecule has 1 amide bonds. The van der Waals surface area contributed by atoms with E-state index in [1.165, 1.54) is 0 Å². The van der Waals surface area contributed by atoms with Crippen molar-refractivity contribution in [3.63, 3.8) is 0 Å². The molecule has 1 saturated heterocycles. The molecule has 0 aromatic carbocycles.